The second kappa shape index (κ2) is 12.9. The zero-order valence-electron chi connectivity index (χ0n) is 23.1. The highest BCUT2D eigenvalue weighted by Crippen LogP contribution is 2.28. The average molecular weight is 500 g/mol. The molecular formula is C29H45N3O4. The van der Waals surface area contributed by atoms with E-state index in [1.807, 2.05) is 45.9 Å². The van der Waals surface area contributed by atoms with E-state index in [0.717, 1.165) is 42.4 Å². The second-order valence-electron chi connectivity index (χ2n) is 11.3. The van der Waals surface area contributed by atoms with Gasteiger partial charge in [0.1, 0.15) is 17.7 Å². The largest absolute Gasteiger partial charge is 0.444 e. The van der Waals surface area contributed by atoms with Crippen molar-refractivity contribution < 1.29 is 19.1 Å². The molecule has 1 aliphatic carbocycles. The highest BCUT2D eigenvalue weighted by Gasteiger charge is 2.38. The van der Waals surface area contributed by atoms with Crippen LogP contribution in [0, 0.1) is 19.8 Å². The first-order valence-electron chi connectivity index (χ1n) is 13.1. The Morgan fingerprint density at radius 1 is 1.14 bits per heavy atom. The predicted molar refractivity (Wildman–Crippen MR) is 144 cm³/mol. The van der Waals surface area contributed by atoms with Crippen molar-refractivity contribution in [2.75, 3.05) is 6.54 Å². The molecule has 0 radical (unpaired) electrons. The molecule has 1 aromatic rings. The zero-order chi connectivity index (χ0) is 27.0. The van der Waals surface area contributed by atoms with Gasteiger partial charge in [-0.25, -0.2) is 4.79 Å². The molecule has 2 atom stereocenters. The molecule has 0 spiro atoms. The van der Waals surface area contributed by atoms with E-state index in [4.69, 9.17) is 4.74 Å². The normalized spacial score (nSPS) is 16.1. The van der Waals surface area contributed by atoms with Gasteiger partial charge in [0, 0.05) is 12.6 Å². The number of hydrogen-bond acceptors (Lipinski definition) is 4. The number of carbonyl (C=O) groups is 3. The molecule has 7 heteroatoms. The number of rotatable bonds is 9. The Bertz CT molecular complexity index is 929. The van der Waals surface area contributed by atoms with E-state index in [0.29, 0.717) is 0 Å². The van der Waals surface area contributed by atoms with E-state index in [1.165, 1.54) is 11.3 Å². The van der Waals surface area contributed by atoms with Crippen LogP contribution in [-0.4, -0.2) is 47.0 Å². The first-order valence-corrected chi connectivity index (χ1v) is 13.1. The number of carbonyl (C=O) groups excluding carboxylic acids is 3. The minimum absolute atomic E-state index is 0.0975. The molecule has 0 bridgehead atoms. The number of benzene rings is 1. The van der Waals surface area contributed by atoms with Gasteiger partial charge in [-0.3, -0.25) is 9.59 Å². The monoisotopic (exact) mass is 499 g/mol. The van der Waals surface area contributed by atoms with Crippen molar-refractivity contribution in [3.63, 3.8) is 0 Å². The first-order chi connectivity index (χ1) is 16.8. The summed E-state index contributed by atoms with van der Waals surface area (Å²) in [7, 11) is 0. The van der Waals surface area contributed by atoms with Crippen LogP contribution in [0.3, 0.4) is 0 Å². The van der Waals surface area contributed by atoms with E-state index in [9.17, 15) is 14.4 Å². The lowest BCUT2D eigenvalue weighted by molar-refractivity contribution is -0.143. The summed E-state index contributed by atoms with van der Waals surface area (Å²) in [5, 5.41) is 5.96. The van der Waals surface area contributed by atoms with Crippen molar-refractivity contribution >= 4 is 17.9 Å². The summed E-state index contributed by atoms with van der Waals surface area (Å²) >= 11 is 0. The Morgan fingerprint density at radius 2 is 1.78 bits per heavy atom. The summed E-state index contributed by atoms with van der Waals surface area (Å²) in [6, 6.07) is 4.32. The molecule has 2 N–H and O–H groups in total. The molecule has 2 rings (SSSR count). The fourth-order valence-electron chi connectivity index (χ4n) is 4.62. The molecule has 1 saturated carbocycles. The Balaban J connectivity index is 2.47. The van der Waals surface area contributed by atoms with Crippen LogP contribution in [-0.2, 0) is 14.3 Å². The number of nitrogens with one attached hydrogen (secondary N) is 2. The molecular weight excluding hydrogens is 454 g/mol. The minimum atomic E-state index is -0.866. The summed E-state index contributed by atoms with van der Waals surface area (Å²) < 4.78 is 5.42. The third-order valence-electron chi connectivity index (χ3n) is 6.45. The quantitative estimate of drug-likeness (QED) is 0.448. The SMILES string of the molecule is C=CCN(C(=O)C(NC(=O)OC(C)(C)C)C(C)C)C(C(=O)NC1CCCCC1)c1cc(C)ccc1C. The minimum Gasteiger partial charge on any atom is -0.444 e. The summed E-state index contributed by atoms with van der Waals surface area (Å²) in [5.41, 5.74) is 2.01. The van der Waals surface area contributed by atoms with Crippen LogP contribution in [0.1, 0.15) is 89.5 Å². The Morgan fingerprint density at radius 3 is 2.33 bits per heavy atom. The van der Waals surface area contributed by atoms with Crippen LogP contribution >= 0.6 is 0 Å². The van der Waals surface area contributed by atoms with Gasteiger partial charge in [-0.1, -0.05) is 62.9 Å². The number of nitrogens with zero attached hydrogens (tertiary/aromatic N) is 1. The van der Waals surface area contributed by atoms with Gasteiger partial charge in [0.25, 0.3) is 0 Å². The van der Waals surface area contributed by atoms with Crippen LogP contribution in [0.25, 0.3) is 0 Å². The van der Waals surface area contributed by atoms with Gasteiger partial charge < -0.3 is 20.3 Å². The maximum atomic E-state index is 14.0. The molecule has 200 valence electrons. The summed E-state index contributed by atoms with van der Waals surface area (Å²) in [6.07, 6.45) is 6.19. The second-order valence-corrected chi connectivity index (χ2v) is 11.3. The molecule has 0 aromatic heterocycles. The predicted octanol–water partition coefficient (Wildman–Crippen LogP) is 5.36. The van der Waals surface area contributed by atoms with E-state index >= 15 is 0 Å². The summed E-state index contributed by atoms with van der Waals surface area (Å²) in [5.74, 6) is -0.774. The number of aryl methyl sites for hydroxylation is 2. The molecule has 1 aromatic carbocycles. The van der Waals surface area contributed by atoms with Crippen LogP contribution in [0.15, 0.2) is 30.9 Å². The highest BCUT2D eigenvalue weighted by molar-refractivity contribution is 5.92. The van der Waals surface area contributed by atoms with Crippen molar-refractivity contribution in [1.82, 2.24) is 15.5 Å². The molecule has 0 saturated heterocycles. The van der Waals surface area contributed by atoms with E-state index in [-0.39, 0.29) is 30.3 Å². The smallest absolute Gasteiger partial charge is 0.408 e. The third-order valence-corrected chi connectivity index (χ3v) is 6.45. The van der Waals surface area contributed by atoms with Gasteiger partial charge in [0.05, 0.1) is 0 Å². The molecule has 2 unspecified atom stereocenters. The van der Waals surface area contributed by atoms with E-state index in [2.05, 4.69) is 17.2 Å². The lowest BCUT2D eigenvalue weighted by atomic mass is 9.92. The lowest BCUT2D eigenvalue weighted by Gasteiger charge is -2.36. The van der Waals surface area contributed by atoms with Crippen molar-refractivity contribution in [2.45, 2.75) is 104 Å². The van der Waals surface area contributed by atoms with Gasteiger partial charge in [-0.2, -0.15) is 0 Å². The van der Waals surface area contributed by atoms with Crippen LogP contribution in [0.2, 0.25) is 0 Å². The fraction of sp³-hybridized carbons (Fsp3) is 0.621. The van der Waals surface area contributed by atoms with Crippen molar-refractivity contribution in [1.29, 1.82) is 0 Å². The third kappa shape index (κ3) is 8.38. The maximum absolute atomic E-state index is 14.0. The topological polar surface area (TPSA) is 87.7 Å². The first kappa shape index (κ1) is 29.4. The Labute approximate surface area is 217 Å². The molecule has 36 heavy (non-hydrogen) atoms. The van der Waals surface area contributed by atoms with E-state index in [1.54, 1.807) is 26.8 Å². The van der Waals surface area contributed by atoms with Crippen LogP contribution in [0.4, 0.5) is 4.79 Å². The molecule has 0 aliphatic heterocycles. The maximum Gasteiger partial charge on any atom is 0.408 e. The van der Waals surface area contributed by atoms with Crippen LogP contribution in [0.5, 0.6) is 0 Å². The number of ether oxygens (including phenoxy) is 1. The van der Waals surface area contributed by atoms with Gasteiger partial charge in [0.2, 0.25) is 11.8 Å². The van der Waals surface area contributed by atoms with Crippen molar-refractivity contribution in [3.8, 4) is 0 Å². The van der Waals surface area contributed by atoms with Crippen LogP contribution < -0.4 is 10.6 Å². The van der Waals surface area contributed by atoms with Gasteiger partial charge in [-0.05, 0) is 64.5 Å². The lowest BCUT2D eigenvalue weighted by Crippen LogP contribution is -2.55. The average Bonchev–Trinajstić information content (AvgIpc) is 2.78. The fourth-order valence-corrected chi connectivity index (χ4v) is 4.62. The zero-order valence-corrected chi connectivity index (χ0v) is 23.1. The molecule has 7 nitrogen and oxygen atoms in total. The molecule has 3 amide bonds. The van der Waals surface area contributed by atoms with Gasteiger partial charge in [-0.15, -0.1) is 6.58 Å². The number of hydrogen-bond donors (Lipinski definition) is 2. The van der Waals surface area contributed by atoms with Crippen molar-refractivity contribution in [3.05, 3.63) is 47.5 Å². The van der Waals surface area contributed by atoms with Gasteiger partial charge >= 0.3 is 6.09 Å². The van der Waals surface area contributed by atoms with Gasteiger partial charge in [0.15, 0.2) is 0 Å². The summed E-state index contributed by atoms with van der Waals surface area (Å²) in [6.45, 7) is 17.0. The molecule has 1 fully saturated rings. The summed E-state index contributed by atoms with van der Waals surface area (Å²) in [4.78, 5) is 42.0. The Hall–Kier alpha value is -2.83. The standard InChI is InChI=1S/C29H45N3O4/c1-9-17-32(27(34)24(19(2)3)31-28(35)36-29(6,7)8)25(23-18-20(4)15-16-21(23)5)26(33)30-22-13-11-10-12-14-22/h9,15-16,18-19,22,24-25H,1,10-14,17H2,2-8H3,(H,30,33)(H,31,35). The van der Waals surface area contributed by atoms with Crippen molar-refractivity contribution in [2.24, 2.45) is 5.92 Å². The number of alkyl carbamates (subject to hydrolysis) is 1. The Kier molecular flexibility index (Phi) is 10.6. The highest BCUT2D eigenvalue weighted by atomic mass is 16.6. The molecule has 0 heterocycles. The van der Waals surface area contributed by atoms with E-state index < -0.39 is 23.8 Å². The molecule has 1 aliphatic rings. The number of amides is 3.